The number of carbonyl (C=O) groups excluding carboxylic acids is 1. The number of nitrogens with zero attached hydrogens (tertiary/aromatic N) is 4. The average Bonchev–Trinajstić information content (AvgIpc) is 3.43. The summed E-state index contributed by atoms with van der Waals surface area (Å²) in [5, 5.41) is 3.30. The van der Waals surface area contributed by atoms with Crippen LogP contribution in [0.1, 0.15) is 56.8 Å². The Morgan fingerprint density at radius 3 is 2.67 bits per heavy atom. The van der Waals surface area contributed by atoms with Gasteiger partial charge in [-0.2, -0.15) is 4.98 Å². The van der Waals surface area contributed by atoms with Gasteiger partial charge in [-0.3, -0.25) is 9.88 Å². The SMILES string of the molecule is CC(C)C1COC(=O)N1c1ccnc(N[C@@H](C)c2ccc(C3CC3)nc2)n1. The van der Waals surface area contributed by atoms with Crippen LogP contribution in [0.25, 0.3) is 0 Å². The average molecular weight is 367 g/mol. The summed E-state index contributed by atoms with van der Waals surface area (Å²) in [7, 11) is 0. The van der Waals surface area contributed by atoms with E-state index in [1.54, 1.807) is 17.2 Å². The Bertz CT molecular complexity index is 819. The number of pyridine rings is 1. The van der Waals surface area contributed by atoms with E-state index in [1.807, 2.05) is 13.1 Å². The molecule has 2 aromatic heterocycles. The number of hydrogen-bond acceptors (Lipinski definition) is 6. The number of anilines is 2. The fourth-order valence-corrected chi connectivity index (χ4v) is 3.31. The van der Waals surface area contributed by atoms with E-state index in [1.165, 1.54) is 18.5 Å². The first-order valence-electron chi connectivity index (χ1n) is 9.54. The van der Waals surface area contributed by atoms with Crippen molar-refractivity contribution < 1.29 is 9.53 Å². The molecule has 0 spiro atoms. The Morgan fingerprint density at radius 2 is 2.00 bits per heavy atom. The molecule has 2 aliphatic rings. The normalized spacial score (nSPS) is 20.7. The Kier molecular flexibility index (Phi) is 4.68. The van der Waals surface area contributed by atoms with E-state index in [0.29, 0.717) is 24.3 Å². The van der Waals surface area contributed by atoms with Crippen LogP contribution in [0.3, 0.4) is 0 Å². The maximum atomic E-state index is 12.2. The molecular formula is C20H25N5O2. The van der Waals surface area contributed by atoms with Crippen LogP contribution in [-0.4, -0.2) is 33.7 Å². The topological polar surface area (TPSA) is 80.2 Å². The minimum atomic E-state index is -0.355. The van der Waals surface area contributed by atoms with E-state index in [-0.39, 0.29) is 24.1 Å². The lowest BCUT2D eigenvalue weighted by Crippen LogP contribution is -2.37. The zero-order valence-electron chi connectivity index (χ0n) is 15.9. The van der Waals surface area contributed by atoms with Gasteiger partial charge in [-0.25, -0.2) is 9.78 Å². The van der Waals surface area contributed by atoms with Gasteiger partial charge in [-0.1, -0.05) is 19.9 Å². The van der Waals surface area contributed by atoms with Crippen LogP contribution in [0.4, 0.5) is 16.6 Å². The monoisotopic (exact) mass is 367 g/mol. The molecule has 0 radical (unpaired) electrons. The molecule has 2 aromatic rings. The third kappa shape index (κ3) is 3.72. The molecule has 142 valence electrons. The first kappa shape index (κ1) is 17.7. The standard InChI is InChI=1S/C20H25N5O2/c1-12(2)17-11-27-20(26)25(17)18-8-9-21-19(24-18)23-13(3)15-6-7-16(22-10-15)14-4-5-14/h6-10,12-14,17H,4-5,11H2,1-3H3,(H,21,23,24)/t13-,17?/m0/s1. The van der Waals surface area contributed by atoms with E-state index in [9.17, 15) is 4.79 Å². The third-order valence-corrected chi connectivity index (χ3v) is 5.21. The van der Waals surface area contributed by atoms with Gasteiger partial charge in [-0.05, 0) is 43.4 Å². The van der Waals surface area contributed by atoms with Crippen molar-refractivity contribution in [2.24, 2.45) is 5.92 Å². The van der Waals surface area contributed by atoms with Crippen LogP contribution >= 0.6 is 0 Å². The number of hydrogen-bond donors (Lipinski definition) is 1. The Hall–Kier alpha value is -2.70. The third-order valence-electron chi connectivity index (χ3n) is 5.21. The zero-order chi connectivity index (χ0) is 19.0. The molecule has 1 aliphatic carbocycles. The summed E-state index contributed by atoms with van der Waals surface area (Å²) in [6.45, 7) is 6.57. The van der Waals surface area contributed by atoms with Gasteiger partial charge in [-0.15, -0.1) is 0 Å². The first-order valence-corrected chi connectivity index (χ1v) is 9.54. The Morgan fingerprint density at radius 1 is 1.19 bits per heavy atom. The van der Waals surface area contributed by atoms with Gasteiger partial charge in [0.25, 0.3) is 0 Å². The van der Waals surface area contributed by atoms with Crippen molar-refractivity contribution in [1.29, 1.82) is 0 Å². The van der Waals surface area contributed by atoms with Crippen LogP contribution in [0.15, 0.2) is 30.6 Å². The minimum absolute atomic E-state index is 0.00688. The van der Waals surface area contributed by atoms with Crippen molar-refractivity contribution in [3.8, 4) is 0 Å². The molecule has 0 bridgehead atoms. The maximum absolute atomic E-state index is 12.2. The lowest BCUT2D eigenvalue weighted by Gasteiger charge is -2.23. The Labute approximate surface area is 159 Å². The lowest BCUT2D eigenvalue weighted by atomic mass is 10.0. The molecule has 27 heavy (non-hydrogen) atoms. The lowest BCUT2D eigenvalue weighted by molar-refractivity contribution is 0.177. The van der Waals surface area contributed by atoms with Crippen LogP contribution in [-0.2, 0) is 4.74 Å². The summed E-state index contributed by atoms with van der Waals surface area (Å²) in [4.78, 5) is 27.2. The molecule has 3 heterocycles. The highest BCUT2D eigenvalue weighted by molar-refractivity contribution is 5.89. The van der Waals surface area contributed by atoms with Gasteiger partial charge in [0.05, 0.1) is 12.1 Å². The molecule has 1 amide bonds. The summed E-state index contributed by atoms with van der Waals surface area (Å²) in [5.74, 6) is 1.96. The van der Waals surface area contributed by atoms with Gasteiger partial charge in [0.1, 0.15) is 12.4 Å². The number of carbonyl (C=O) groups is 1. The molecule has 1 aliphatic heterocycles. The summed E-state index contributed by atoms with van der Waals surface area (Å²) >= 11 is 0. The number of nitrogens with one attached hydrogen (secondary N) is 1. The van der Waals surface area contributed by atoms with E-state index in [0.717, 1.165) is 5.56 Å². The highest BCUT2D eigenvalue weighted by Gasteiger charge is 2.37. The molecule has 1 saturated heterocycles. The maximum Gasteiger partial charge on any atom is 0.415 e. The molecule has 7 heteroatoms. The van der Waals surface area contributed by atoms with Crippen molar-refractivity contribution >= 4 is 17.9 Å². The number of cyclic esters (lactones) is 1. The second-order valence-corrected chi connectivity index (χ2v) is 7.65. The van der Waals surface area contributed by atoms with Gasteiger partial charge >= 0.3 is 6.09 Å². The fraction of sp³-hybridized carbons (Fsp3) is 0.500. The molecule has 2 atom stereocenters. The largest absolute Gasteiger partial charge is 0.447 e. The number of rotatable bonds is 6. The van der Waals surface area contributed by atoms with E-state index < -0.39 is 0 Å². The van der Waals surface area contributed by atoms with Gasteiger partial charge in [0.15, 0.2) is 0 Å². The zero-order valence-corrected chi connectivity index (χ0v) is 15.9. The van der Waals surface area contributed by atoms with Gasteiger partial charge in [0.2, 0.25) is 5.95 Å². The van der Waals surface area contributed by atoms with Crippen molar-refractivity contribution in [1.82, 2.24) is 15.0 Å². The number of aromatic nitrogens is 3. The van der Waals surface area contributed by atoms with E-state index in [4.69, 9.17) is 4.74 Å². The highest BCUT2D eigenvalue weighted by Crippen LogP contribution is 2.39. The molecule has 1 unspecified atom stereocenters. The second kappa shape index (κ2) is 7.13. The van der Waals surface area contributed by atoms with Crippen LogP contribution < -0.4 is 10.2 Å². The number of amides is 1. The quantitative estimate of drug-likeness (QED) is 0.834. The molecule has 1 saturated carbocycles. The predicted molar refractivity (Wildman–Crippen MR) is 103 cm³/mol. The van der Waals surface area contributed by atoms with Crippen LogP contribution in [0.5, 0.6) is 0 Å². The minimum Gasteiger partial charge on any atom is -0.447 e. The smallest absolute Gasteiger partial charge is 0.415 e. The summed E-state index contributed by atoms with van der Waals surface area (Å²) in [5.41, 5.74) is 2.26. The molecular weight excluding hydrogens is 342 g/mol. The second-order valence-electron chi connectivity index (χ2n) is 7.65. The van der Waals surface area contributed by atoms with Crippen molar-refractivity contribution in [2.45, 2.75) is 51.6 Å². The van der Waals surface area contributed by atoms with Gasteiger partial charge in [0, 0.05) is 24.0 Å². The fourth-order valence-electron chi connectivity index (χ4n) is 3.31. The number of ether oxygens (including phenoxy) is 1. The Balaban J connectivity index is 1.49. The van der Waals surface area contributed by atoms with E-state index >= 15 is 0 Å². The van der Waals surface area contributed by atoms with E-state index in [2.05, 4.69) is 46.2 Å². The van der Waals surface area contributed by atoms with Crippen LogP contribution in [0.2, 0.25) is 0 Å². The summed E-state index contributed by atoms with van der Waals surface area (Å²) in [6, 6.07) is 5.94. The molecule has 0 aromatic carbocycles. The van der Waals surface area contributed by atoms with Gasteiger partial charge < -0.3 is 10.1 Å². The highest BCUT2D eigenvalue weighted by atomic mass is 16.6. The molecule has 2 fully saturated rings. The summed E-state index contributed by atoms with van der Waals surface area (Å²) in [6.07, 6.45) is 5.72. The van der Waals surface area contributed by atoms with Crippen molar-refractivity contribution in [2.75, 3.05) is 16.8 Å². The molecule has 1 N–H and O–H groups in total. The molecule has 4 rings (SSSR count). The molecule has 7 nitrogen and oxygen atoms in total. The predicted octanol–water partition coefficient (Wildman–Crippen LogP) is 3.90. The van der Waals surface area contributed by atoms with Crippen molar-refractivity contribution in [3.05, 3.63) is 41.9 Å². The summed E-state index contributed by atoms with van der Waals surface area (Å²) < 4.78 is 5.22. The van der Waals surface area contributed by atoms with Crippen molar-refractivity contribution in [3.63, 3.8) is 0 Å². The van der Waals surface area contributed by atoms with Crippen LogP contribution in [0, 0.1) is 5.92 Å². The first-order chi connectivity index (χ1) is 13.0.